The highest BCUT2D eigenvalue weighted by molar-refractivity contribution is 5.40. The van der Waals surface area contributed by atoms with Crippen LogP contribution in [0.3, 0.4) is 0 Å². The smallest absolute Gasteiger partial charge is 0.183 e. The maximum absolute atomic E-state index is 11.3. The summed E-state index contributed by atoms with van der Waals surface area (Å²) >= 11 is 0. The zero-order valence-corrected chi connectivity index (χ0v) is 11.6. The van der Waals surface area contributed by atoms with E-state index in [9.17, 15) is 4.79 Å². The van der Waals surface area contributed by atoms with E-state index in [1.807, 2.05) is 10.6 Å². The molecule has 3 heterocycles. The molecular weight excluding hydrogens is 238 g/mol. The number of aromatic nitrogens is 2. The van der Waals surface area contributed by atoms with Crippen LogP contribution in [0.1, 0.15) is 38.3 Å². The molecule has 4 heteroatoms. The monoisotopic (exact) mass is 259 g/mol. The van der Waals surface area contributed by atoms with Crippen molar-refractivity contribution in [1.29, 1.82) is 0 Å². The first-order valence-electron chi connectivity index (χ1n) is 7.08. The molecule has 4 nitrogen and oxygen atoms in total. The van der Waals surface area contributed by atoms with E-state index in [4.69, 9.17) is 0 Å². The molecule has 1 fully saturated rings. The lowest BCUT2D eigenvalue weighted by Gasteiger charge is -2.34. The van der Waals surface area contributed by atoms with Gasteiger partial charge in [-0.15, -0.1) is 0 Å². The topological polar surface area (TPSA) is 40.5 Å². The summed E-state index contributed by atoms with van der Waals surface area (Å²) in [6.07, 6.45) is 6.34. The maximum atomic E-state index is 11.3. The fraction of sp³-hybridized carbons (Fsp3) is 0.533. The van der Waals surface area contributed by atoms with Gasteiger partial charge in [0.1, 0.15) is 5.65 Å². The quantitative estimate of drug-likeness (QED) is 0.898. The number of H-pyrrole nitrogens is 1. The summed E-state index contributed by atoms with van der Waals surface area (Å²) in [4.78, 5) is 17.3. The molecule has 0 atom stereocenters. The third-order valence-corrected chi connectivity index (χ3v) is 4.21. The second kappa shape index (κ2) is 4.85. The van der Waals surface area contributed by atoms with Gasteiger partial charge in [-0.25, -0.2) is 0 Å². The number of hydrogen-bond acceptors (Lipinski definition) is 2. The predicted octanol–water partition coefficient (Wildman–Crippen LogP) is 2.22. The first-order valence-corrected chi connectivity index (χ1v) is 7.08. The van der Waals surface area contributed by atoms with Crippen LogP contribution in [0, 0.1) is 0 Å². The lowest BCUT2D eigenvalue weighted by molar-refractivity contribution is 0.171. The van der Waals surface area contributed by atoms with Crippen molar-refractivity contribution in [3.8, 4) is 0 Å². The zero-order valence-electron chi connectivity index (χ0n) is 11.6. The van der Waals surface area contributed by atoms with Crippen molar-refractivity contribution in [2.24, 2.45) is 0 Å². The van der Waals surface area contributed by atoms with Crippen LogP contribution in [-0.2, 0) is 0 Å². The summed E-state index contributed by atoms with van der Waals surface area (Å²) in [6.45, 7) is 6.84. The Bertz CT molecular complexity index is 618. The van der Waals surface area contributed by atoms with E-state index in [1.165, 1.54) is 18.5 Å². The maximum Gasteiger partial charge on any atom is 0.183 e. The van der Waals surface area contributed by atoms with Gasteiger partial charge in [-0.1, -0.05) is 0 Å². The van der Waals surface area contributed by atoms with Crippen molar-refractivity contribution in [3.05, 3.63) is 40.4 Å². The van der Waals surface area contributed by atoms with Crippen LogP contribution in [0.5, 0.6) is 0 Å². The van der Waals surface area contributed by atoms with E-state index in [0.29, 0.717) is 12.0 Å². The van der Waals surface area contributed by atoms with Crippen LogP contribution in [-0.4, -0.2) is 33.4 Å². The Morgan fingerprint density at radius 3 is 2.74 bits per heavy atom. The number of nitrogens with one attached hydrogen (secondary N) is 1. The zero-order chi connectivity index (χ0) is 13.4. The van der Waals surface area contributed by atoms with Gasteiger partial charge in [0.05, 0.1) is 0 Å². The summed E-state index contributed by atoms with van der Waals surface area (Å²) in [5, 5.41) is 0. The third kappa shape index (κ3) is 2.45. The fourth-order valence-electron chi connectivity index (χ4n) is 2.97. The van der Waals surface area contributed by atoms with Crippen molar-refractivity contribution in [2.45, 2.75) is 38.6 Å². The normalized spacial score (nSPS) is 18.5. The minimum absolute atomic E-state index is 0.0584. The number of imidazole rings is 1. The van der Waals surface area contributed by atoms with Crippen molar-refractivity contribution >= 4 is 5.65 Å². The highest BCUT2D eigenvalue weighted by Crippen LogP contribution is 2.28. The number of fused-ring (bicyclic) bond motifs is 1. The second-order valence-corrected chi connectivity index (χ2v) is 5.77. The fourth-order valence-corrected chi connectivity index (χ4v) is 2.97. The number of aromatic amines is 1. The van der Waals surface area contributed by atoms with Gasteiger partial charge in [-0.3, -0.25) is 4.79 Å². The van der Waals surface area contributed by atoms with Crippen LogP contribution >= 0.6 is 0 Å². The number of hydrogen-bond donors (Lipinski definition) is 1. The molecule has 2 aromatic heterocycles. The van der Waals surface area contributed by atoms with Gasteiger partial charge in [-0.05, 0) is 39.8 Å². The van der Waals surface area contributed by atoms with Crippen molar-refractivity contribution < 1.29 is 0 Å². The van der Waals surface area contributed by atoms with Crippen LogP contribution in [0.4, 0.5) is 0 Å². The van der Waals surface area contributed by atoms with E-state index in [2.05, 4.69) is 29.9 Å². The average Bonchev–Trinajstić information content (AvgIpc) is 2.81. The first kappa shape index (κ1) is 12.5. The van der Waals surface area contributed by atoms with E-state index in [1.54, 1.807) is 12.1 Å². The van der Waals surface area contributed by atoms with Gasteiger partial charge in [0.15, 0.2) is 5.43 Å². The Balaban J connectivity index is 1.80. The van der Waals surface area contributed by atoms with Crippen molar-refractivity contribution in [2.75, 3.05) is 13.1 Å². The van der Waals surface area contributed by atoms with Gasteiger partial charge in [-0.2, -0.15) is 0 Å². The summed E-state index contributed by atoms with van der Waals surface area (Å²) in [5.74, 6) is 0.588. The molecule has 0 radical (unpaired) electrons. The van der Waals surface area contributed by atoms with E-state index < -0.39 is 0 Å². The number of piperidine rings is 1. The minimum Gasteiger partial charge on any atom is -0.343 e. The molecule has 0 saturated carbocycles. The molecule has 3 rings (SSSR count). The Labute approximate surface area is 113 Å². The molecule has 1 N–H and O–H groups in total. The molecule has 0 amide bonds. The van der Waals surface area contributed by atoms with E-state index in [0.717, 1.165) is 18.7 Å². The van der Waals surface area contributed by atoms with Crippen LogP contribution in [0.15, 0.2) is 29.3 Å². The SMILES string of the molecule is CC(C)N1CCC(c2cn3ccc(=O)cc3[nH]2)CC1. The number of nitrogens with zero attached hydrogens (tertiary/aromatic N) is 2. The highest BCUT2D eigenvalue weighted by Gasteiger charge is 2.23. The van der Waals surface area contributed by atoms with Gasteiger partial charge in [0, 0.05) is 42.2 Å². The standard InChI is InChI=1S/C15H21N3O/c1-11(2)17-6-3-12(4-7-17)14-10-18-8-5-13(19)9-15(18)16-14/h5,8-12,16H,3-4,6-7H2,1-2H3. The Kier molecular flexibility index (Phi) is 3.19. The summed E-state index contributed by atoms with van der Waals surface area (Å²) in [7, 11) is 0. The molecule has 0 bridgehead atoms. The molecule has 1 aliphatic rings. The summed E-state index contributed by atoms with van der Waals surface area (Å²) < 4.78 is 2.01. The largest absolute Gasteiger partial charge is 0.343 e. The molecule has 0 aromatic carbocycles. The molecule has 1 aliphatic heterocycles. The molecule has 0 aliphatic carbocycles. The Morgan fingerprint density at radius 2 is 2.05 bits per heavy atom. The van der Waals surface area contributed by atoms with E-state index in [-0.39, 0.29) is 5.43 Å². The van der Waals surface area contributed by atoms with Gasteiger partial charge in [0.25, 0.3) is 0 Å². The van der Waals surface area contributed by atoms with Crippen LogP contribution in [0.25, 0.3) is 5.65 Å². The highest BCUT2D eigenvalue weighted by atomic mass is 16.1. The van der Waals surface area contributed by atoms with Gasteiger partial charge >= 0.3 is 0 Å². The predicted molar refractivity (Wildman–Crippen MR) is 76.7 cm³/mol. The molecule has 0 spiro atoms. The minimum atomic E-state index is 0.0584. The van der Waals surface area contributed by atoms with Crippen LogP contribution < -0.4 is 5.43 Å². The second-order valence-electron chi connectivity index (χ2n) is 5.77. The molecular formula is C15H21N3O. The lowest BCUT2D eigenvalue weighted by Crippen LogP contribution is -2.37. The number of likely N-dealkylation sites (tertiary alicyclic amines) is 1. The number of rotatable bonds is 2. The number of pyridine rings is 1. The van der Waals surface area contributed by atoms with Gasteiger partial charge < -0.3 is 14.3 Å². The van der Waals surface area contributed by atoms with E-state index >= 15 is 0 Å². The van der Waals surface area contributed by atoms with Crippen molar-refractivity contribution in [1.82, 2.24) is 14.3 Å². The van der Waals surface area contributed by atoms with Crippen molar-refractivity contribution in [3.63, 3.8) is 0 Å². The van der Waals surface area contributed by atoms with Crippen LogP contribution in [0.2, 0.25) is 0 Å². The molecule has 2 aromatic rings. The van der Waals surface area contributed by atoms with Gasteiger partial charge in [0.2, 0.25) is 0 Å². The molecule has 19 heavy (non-hydrogen) atoms. The summed E-state index contributed by atoms with van der Waals surface area (Å²) in [6, 6.07) is 3.90. The Hall–Kier alpha value is -1.55. The average molecular weight is 259 g/mol. The summed E-state index contributed by atoms with van der Waals surface area (Å²) in [5.41, 5.74) is 2.21. The Morgan fingerprint density at radius 1 is 1.32 bits per heavy atom. The molecule has 0 unspecified atom stereocenters. The first-order chi connectivity index (χ1) is 9.13. The molecule has 102 valence electrons. The lowest BCUT2D eigenvalue weighted by atomic mass is 9.93. The molecule has 1 saturated heterocycles. The third-order valence-electron chi connectivity index (χ3n) is 4.21.